The van der Waals surface area contributed by atoms with E-state index in [1.807, 2.05) is 0 Å². The molecule has 1 unspecified atom stereocenters. The zero-order chi connectivity index (χ0) is 8.85. The third-order valence-electron chi connectivity index (χ3n) is 2.48. The average Bonchev–Trinajstić information content (AvgIpc) is 2.05. The number of aliphatic hydroxyl groups excluding tert-OH is 1. The Balaban J connectivity index is 3.86. The molecule has 1 N–H and O–H groups in total. The van der Waals surface area contributed by atoms with Crippen LogP contribution in [0.25, 0.3) is 0 Å². The Morgan fingerprint density at radius 2 is 1.73 bits per heavy atom. The third kappa shape index (κ3) is 3.21. The van der Waals surface area contributed by atoms with E-state index >= 15 is 0 Å². The fraction of sp³-hybridized carbons (Fsp3) is 1.00. The molecule has 2 nitrogen and oxygen atoms in total. The van der Waals surface area contributed by atoms with Gasteiger partial charge in [-0.3, -0.25) is 4.90 Å². The molecule has 0 bridgehead atoms. The second-order valence-corrected chi connectivity index (χ2v) is 3.17. The van der Waals surface area contributed by atoms with Crippen LogP contribution in [0.15, 0.2) is 0 Å². The molecular formula is C9H21NO. The van der Waals surface area contributed by atoms with E-state index in [1.165, 1.54) is 0 Å². The van der Waals surface area contributed by atoms with E-state index in [1.54, 1.807) is 0 Å². The van der Waals surface area contributed by atoms with Crippen molar-refractivity contribution in [2.75, 3.05) is 13.7 Å². The van der Waals surface area contributed by atoms with Gasteiger partial charge in [0.2, 0.25) is 0 Å². The summed E-state index contributed by atoms with van der Waals surface area (Å²) in [4.78, 5) is 2.25. The normalized spacial score (nSPS) is 14.5. The lowest BCUT2D eigenvalue weighted by atomic mass is 10.1. The van der Waals surface area contributed by atoms with Crippen molar-refractivity contribution < 1.29 is 5.11 Å². The number of aliphatic hydroxyl groups is 1. The maximum atomic E-state index is 8.90. The molecule has 0 rings (SSSR count). The first-order valence-corrected chi connectivity index (χ1v) is 4.50. The standard InChI is InChI=1S/C9H21NO/c1-5-9(6-2)10(4)8(3)7-11/h8-9,11H,5-7H2,1-4H3. The van der Waals surface area contributed by atoms with E-state index < -0.39 is 0 Å². The van der Waals surface area contributed by atoms with Crippen molar-refractivity contribution in [1.82, 2.24) is 4.90 Å². The predicted molar refractivity (Wildman–Crippen MR) is 48.7 cm³/mol. The summed E-state index contributed by atoms with van der Waals surface area (Å²) < 4.78 is 0. The molecule has 0 aliphatic rings. The molecular weight excluding hydrogens is 138 g/mol. The van der Waals surface area contributed by atoms with Gasteiger partial charge in [-0.05, 0) is 26.8 Å². The largest absolute Gasteiger partial charge is 0.395 e. The minimum Gasteiger partial charge on any atom is -0.395 e. The van der Waals surface area contributed by atoms with Crippen LogP contribution in [0.3, 0.4) is 0 Å². The fourth-order valence-corrected chi connectivity index (χ4v) is 1.35. The minimum atomic E-state index is 0.257. The summed E-state index contributed by atoms with van der Waals surface area (Å²) in [7, 11) is 2.08. The number of hydrogen-bond donors (Lipinski definition) is 1. The smallest absolute Gasteiger partial charge is 0.0584 e. The fourth-order valence-electron chi connectivity index (χ4n) is 1.35. The van der Waals surface area contributed by atoms with Gasteiger partial charge < -0.3 is 5.11 Å². The van der Waals surface area contributed by atoms with Crippen molar-refractivity contribution in [3.63, 3.8) is 0 Å². The molecule has 0 fully saturated rings. The van der Waals surface area contributed by atoms with E-state index in [2.05, 4.69) is 32.7 Å². The summed E-state index contributed by atoms with van der Waals surface area (Å²) in [5.74, 6) is 0. The topological polar surface area (TPSA) is 23.5 Å². The van der Waals surface area contributed by atoms with Crippen molar-refractivity contribution >= 4 is 0 Å². The zero-order valence-corrected chi connectivity index (χ0v) is 8.17. The van der Waals surface area contributed by atoms with Crippen LogP contribution < -0.4 is 0 Å². The van der Waals surface area contributed by atoms with Crippen molar-refractivity contribution in [3.8, 4) is 0 Å². The Kier molecular flexibility index (Phi) is 5.51. The van der Waals surface area contributed by atoms with Gasteiger partial charge in [0, 0.05) is 12.1 Å². The highest BCUT2D eigenvalue weighted by Crippen LogP contribution is 2.08. The molecule has 0 saturated carbocycles. The van der Waals surface area contributed by atoms with Crippen LogP contribution in [0.5, 0.6) is 0 Å². The first-order valence-electron chi connectivity index (χ1n) is 4.50. The molecule has 11 heavy (non-hydrogen) atoms. The van der Waals surface area contributed by atoms with Gasteiger partial charge in [-0.1, -0.05) is 13.8 Å². The summed E-state index contributed by atoms with van der Waals surface area (Å²) >= 11 is 0. The highest BCUT2D eigenvalue weighted by atomic mass is 16.3. The Morgan fingerprint density at radius 3 is 2.00 bits per heavy atom. The van der Waals surface area contributed by atoms with E-state index in [0.717, 1.165) is 12.8 Å². The Morgan fingerprint density at radius 1 is 1.27 bits per heavy atom. The average molecular weight is 159 g/mol. The van der Waals surface area contributed by atoms with Gasteiger partial charge in [-0.25, -0.2) is 0 Å². The second-order valence-electron chi connectivity index (χ2n) is 3.17. The van der Waals surface area contributed by atoms with Crippen LogP contribution in [0.4, 0.5) is 0 Å². The monoisotopic (exact) mass is 159 g/mol. The molecule has 0 aliphatic carbocycles. The molecule has 0 spiro atoms. The molecule has 0 heterocycles. The van der Waals surface area contributed by atoms with E-state index in [-0.39, 0.29) is 6.61 Å². The van der Waals surface area contributed by atoms with Gasteiger partial charge in [-0.2, -0.15) is 0 Å². The van der Waals surface area contributed by atoms with Gasteiger partial charge in [-0.15, -0.1) is 0 Å². The van der Waals surface area contributed by atoms with Crippen molar-refractivity contribution in [3.05, 3.63) is 0 Å². The second kappa shape index (κ2) is 5.56. The molecule has 2 heteroatoms. The first-order chi connectivity index (χ1) is 5.17. The molecule has 68 valence electrons. The zero-order valence-electron chi connectivity index (χ0n) is 8.17. The summed E-state index contributed by atoms with van der Waals surface area (Å²) in [5.41, 5.74) is 0. The van der Waals surface area contributed by atoms with Crippen LogP contribution in [-0.2, 0) is 0 Å². The van der Waals surface area contributed by atoms with Crippen molar-refractivity contribution in [2.24, 2.45) is 0 Å². The van der Waals surface area contributed by atoms with E-state index in [0.29, 0.717) is 12.1 Å². The quantitative estimate of drug-likeness (QED) is 0.657. The lowest BCUT2D eigenvalue weighted by Crippen LogP contribution is -2.39. The highest BCUT2D eigenvalue weighted by molar-refractivity contribution is 4.70. The number of nitrogens with zero attached hydrogens (tertiary/aromatic N) is 1. The molecule has 0 aromatic heterocycles. The van der Waals surface area contributed by atoms with Crippen molar-refractivity contribution in [1.29, 1.82) is 0 Å². The number of likely N-dealkylation sites (N-methyl/N-ethyl adjacent to an activating group) is 1. The molecule has 0 radical (unpaired) electrons. The van der Waals surface area contributed by atoms with Crippen LogP contribution in [0, 0.1) is 0 Å². The molecule has 0 aromatic rings. The van der Waals surface area contributed by atoms with E-state index in [4.69, 9.17) is 5.11 Å². The lowest BCUT2D eigenvalue weighted by molar-refractivity contribution is 0.115. The van der Waals surface area contributed by atoms with Gasteiger partial charge in [0.25, 0.3) is 0 Å². The Hall–Kier alpha value is -0.0800. The molecule has 0 aliphatic heterocycles. The molecule has 0 saturated heterocycles. The summed E-state index contributed by atoms with van der Waals surface area (Å²) in [5, 5.41) is 8.90. The van der Waals surface area contributed by atoms with Crippen LogP contribution in [0.1, 0.15) is 33.6 Å². The summed E-state index contributed by atoms with van der Waals surface area (Å²) in [6.07, 6.45) is 2.33. The van der Waals surface area contributed by atoms with E-state index in [9.17, 15) is 0 Å². The number of rotatable bonds is 5. The maximum absolute atomic E-state index is 8.90. The molecule has 1 atom stereocenters. The third-order valence-corrected chi connectivity index (χ3v) is 2.48. The minimum absolute atomic E-state index is 0.257. The van der Waals surface area contributed by atoms with Gasteiger partial charge in [0.05, 0.1) is 6.61 Å². The summed E-state index contributed by atoms with van der Waals surface area (Å²) in [6, 6.07) is 0.914. The first kappa shape index (κ1) is 10.9. The maximum Gasteiger partial charge on any atom is 0.0584 e. The highest BCUT2D eigenvalue weighted by Gasteiger charge is 2.15. The van der Waals surface area contributed by atoms with Gasteiger partial charge in [0.15, 0.2) is 0 Å². The SMILES string of the molecule is CCC(CC)N(C)C(C)CO. The van der Waals surface area contributed by atoms with Crippen LogP contribution in [-0.4, -0.2) is 35.7 Å². The van der Waals surface area contributed by atoms with Crippen molar-refractivity contribution in [2.45, 2.75) is 45.7 Å². The van der Waals surface area contributed by atoms with Gasteiger partial charge >= 0.3 is 0 Å². The van der Waals surface area contributed by atoms with Gasteiger partial charge in [0.1, 0.15) is 0 Å². The lowest BCUT2D eigenvalue weighted by Gasteiger charge is -2.30. The summed E-state index contributed by atoms with van der Waals surface area (Å²) in [6.45, 7) is 6.69. The molecule has 0 amide bonds. The predicted octanol–water partition coefficient (Wildman–Crippen LogP) is 1.49. The Labute approximate surface area is 70.2 Å². The van der Waals surface area contributed by atoms with Crippen LogP contribution in [0.2, 0.25) is 0 Å². The number of hydrogen-bond acceptors (Lipinski definition) is 2. The molecule has 0 aromatic carbocycles. The van der Waals surface area contributed by atoms with Crippen LogP contribution >= 0.6 is 0 Å². The Bertz CT molecular complexity index is 91.6.